The van der Waals surface area contributed by atoms with Gasteiger partial charge in [0, 0.05) is 36.6 Å². The lowest BCUT2D eigenvalue weighted by Crippen LogP contribution is -2.21. The van der Waals surface area contributed by atoms with Crippen LogP contribution in [0.4, 0.5) is 17.1 Å². The monoisotopic (exact) mass is 291 g/mol. The van der Waals surface area contributed by atoms with E-state index in [1.165, 1.54) is 33.8 Å². The first kappa shape index (κ1) is 13.3. The number of aryl methyl sites for hydroxylation is 1. The number of hydrogen-bond donors (Lipinski definition) is 2. The molecule has 0 unspecified atom stereocenters. The predicted molar refractivity (Wildman–Crippen MR) is 94.5 cm³/mol. The van der Waals surface area contributed by atoms with Crippen molar-refractivity contribution in [2.75, 3.05) is 28.6 Å². The highest BCUT2D eigenvalue weighted by Crippen LogP contribution is 2.39. The summed E-state index contributed by atoms with van der Waals surface area (Å²) in [6, 6.07) is 13.3. The topological polar surface area (TPSA) is 27.3 Å². The van der Waals surface area contributed by atoms with Gasteiger partial charge in [-0.05, 0) is 41.8 Å². The number of fused-ring (bicyclic) bond motifs is 2. The zero-order valence-electron chi connectivity index (χ0n) is 12.9. The maximum Gasteiger partial charge on any atom is 0.0597 e. The largest absolute Gasteiger partial charge is 0.382 e. The summed E-state index contributed by atoms with van der Waals surface area (Å²) in [4.78, 5) is 2.31. The quantitative estimate of drug-likeness (QED) is 0.873. The molecule has 2 N–H and O–H groups in total. The molecule has 0 fully saturated rings. The van der Waals surface area contributed by atoms with Gasteiger partial charge in [-0.25, -0.2) is 0 Å². The van der Waals surface area contributed by atoms with E-state index in [1.807, 2.05) is 0 Å². The molecule has 112 valence electrons. The zero-order valence-corrected chi connectivity index (χ0v) is 12.9. The Morgan fingerprint density at radius 2 is 1.86 bits per heavy atom. The smallest absolute Gasteiger partial charge is 0.0597 e. The Bertz CT molecular complexity index is 748. The average molecular weight is 291 g/mol. The Balaban J connectivity index is 1.68. The molecule has 0 saturated heterocycles. The summed E-state index contributed by atoms with van der Waals surface area (Å²) in [5.74, 6) is 0. The van der Waals surface area contributed by atoms with Crippen molar-refractivity contribution in [3.05, 3.63) is 59.7 Å². The van der Waals surface area contributed by atoms with Crippen LogP contribution in [0.15, 0.2) is 43.0 Å². The second-order valence-electron chi connectivity index (χ2n) is 5.96. The Morgan fingerprint density at radius 1 is 1.05 bits per heavy atom. The normalized spacial score (nSPS) is 15.9. The van der Waals surface area contributed by atoms with Crippen molar-refractivity contribution >= 4 is 22.8 Å². The highest BCUT2D eigenvalue weighted by Gasteiger charge is 2.24. The number of anilines is 3. The lowest BCUT2D eigenvalue weighted by atomic mass is 10.0. The lowest BCUT2D eigenvalue weighted by Gasteiger charge is -2.24. The van der Waals surface area contributed by atoms with Crippen LogP contribution in [0, 0.1) is 0 Å². The van der Waals surface area contributed by atoms with Gasteiger partial charge in [0.1, 0.15) is 0 Å². The van der Waals surface area contributed by atoms with Gasteiger partial charge in [-0.15, -0.1) is 0 Å². The third-order valence-corrected chi connectivity index (χ3v) is 4.62. The van der Waals surface area contributed by atoms with Crippen LogP contribution in [0.3, 0.4) is 0 Å². The average Bonchev–Trinajstić information content (AvgIpc) is 2.90. The molecule has 0 aromatic heterocycles. The van der Waals surface area contributed by atoms with Crippen molar-refractivity contribution < 1.29 is 0 Å². The van der Waals surface area contributed by atoms with Crippen molar-refractivity contribution in [2.45, 2.75) is 19.9 Å². The van der Waals surface area contributed by atoms with E-state index in [2.05, 4.69) is 65.4 Å². The van der Waals surface area contributed by atoms with Crippen LogP contribution < -0.4 is 15.5 Å². The first-order valence-corrected chi connectivity index (χ1v) is 7.96. The van der Waals surface area contributed by atoms with Crippen LogP contribution in [-0.2, 0) is 13.0 Å². The van der Waals surface area contributed by atoms with Gasteiger partial charge in [0.25, 0.3) is 0 Å². The summed E-state index contributed by atoms with van der Waals surface area (Å²) >= 11 is 0. The van der Waals surface area contributed by atoms with E-state index < -0.39 is 0 Å². The van der Waals surface area contributed by atoms with Crippen LogP contribution in [0.5, 0.6) is 0 Å². The molecule has 0 spiro atoms. The molecule has 2 aliphatic heterocycles. The highest BCUT2D eigenvalue weighted by atomic mass is 15.2. The second kappa shape index (κ2) is 5.09. The van der Waals surface area contributed by atoms with Crippen molar-refractivity contribution in [3.8, 4) is 0 Å². The van der Waals surface area contributed by atoms with E-state index in [9.17, 15) is 0 Å². The molecule has 3 heteroatoms. The van der Waals surface area contributed by atoms with Gasteiger partial charge in [0.15, 0.2) is 0 Å². The summed E-state index contributed by atoms with van der Waals surface area (Å²) in [5.41, 5.74) is 8.71. The molecular weight excluding hydrogens is 270 g/mol. The molecular formula is C19H21N3. The third kappa shape index (κ3) is 2.05. The summed E-state index contributed by atoms with van der Waals surface area (Å²) in [5, 5.41) is 6.88. The maximum atomic E-state index is 4.33. The SMILES string of the molecule is C=C1c2cc(CC)ccc2CN1c1ccc2c(c1)NCCN2. The zero-order chi connectivity index (χ0) is 15.1. The molecule has 2 heterocycles. The van der Waals surface area contributed by atoms with Crippen LogP contribution in [0.1, 0.15) is 23.6 Å². The Kier molecular flexibility index (Phi) is 3.07. The third-order valence-electron chi connectivity index (χ3n) is 4.62. The maximum absolute atomic E-state index is 4.33. The minimum atomic E-state index is 0.907. The van der Waals surface area contributed by atoms with Crippen molar-refractivity contribution in [1.82, 2.24) is 0 Å². The van der Waals surface area contributed by atoms with E-state index in [-0.39, 0.29) is 0 Å². The molecule has 0 bridgehead atoms. The van der Waals surface area contributed by atoms with Gasteiger partial charge in [0.05, 0.1) is 11.4 Å². The van der Waals surface area contributed by atoms with Gasteiger partial charge in [-0.1, -0.05) is 25.6 Å². The number of nitrogens with one attached hydrogen (secondary N) is 2. The van der Waals surface area contributed by atoms with Crippen LogP contribution in [0.25, 0.3) is 5.70 Å². The van der Waals surface area contributed by atoms with E-state index in [0.29, 0.717) is 0 Å². The van der Waals surface area contributed by atoms with Crippen molar-refractivity contribution in [2.24, 2.45) is 0 Å². The molecule has 0 amide bonds. The number of hydrogen-bond acceptors (Lipinski definition) is 3. The Morgan fingerprint density at radius 3 is 2.68 bits per heavy atom. The highest BCUT2D eigenvalue weighted by molar-refractivity contribution is 5.86. The summed E-state index contributed by atoms with van der Waals surface area (Å²) in [7, 11) is 0. The molecule has 0 aliphatic carbocycles. The minimum Gasteiger partial charge on any atom is -0.382 e. The fraction of sp³-hybridized carbons (Fsp3) is 0.263. The molecule has 0 saturated carbocycles. The molecule has 2 aromatic carbocycles. The standard InChI is InChI=1S/C19H21N3/c1-3-14-4-5-15-12-22(13(2)17(15)10-14)16-6-7-18-19(11-16)21-9-8-20-18/h4-7,10-11,20-21H,2-3,8-9,12H2,1H3. The Hall–Kier alpha value is -2.42. The van der Waals surface area contributed by atoms with Gasteiger partial charge in [-0.2, -0.15) is 0 Å². The fourth-order valence-electron chi connectivity index (χ4n) is 3.30. The molecule has 0 atom stereocenters. The van der Waals surface area contributed by atoms with E-state index >= 15 is 0 Å². The molecule has 22 heavy (non-hydrogen) atoms. The van der Waals surface area contributed by atoms with Gasteiger partial charge in [0.2, 0.25) is 0 Å². The van der Waals surface area contributed by atoms with E-state index in [0.717, 1.165) is 31.8 Å². The molecule has 4 rings (SSSR count). The summed E-state index contributed by atoms with van der Waals surface area (Å²) in [6.07, 6.45) is 1.06. The number of rotatable bonds is 2. The first-order valence-electron chi connectivity index (χ1n) is 7.96. The van der Waals surface area contributed by atoms with Crippen molar-refractivity contribution in [3.63, 3.8) is 0 Å². The number of benzene rings is 2. The number of nitrogens with zero attached hydrogens (tertiary/aromatic N) is 1. The first-order chi connectivity index (χ1) is 10.8. The van der Waals surface area contributed by atoms with Crippen LogP contribution in [-0.4, -0.2) is 13.1 Å². The predicted octanol–water partition coefficient (Wildman–Crippen LogP) is 4.08. The fourth-order valence-corrected chi connectivity index (χ4v) is 3.30. The minimum absolute atomic E-state index is 0.907. The summed E-state index contributed by atoms with van der Waals surface area (Å²) < 4.78 is 0. The Labute approximate surface area is 131 Å². The summed E-state index contributed by atoms with van der Waals surface area (Å²) in [6.45, 7) is 9.38. The van der Waals surface area contributed by atoms with Gasteiger partial charge >= 0.3 is 0 Å². The van der Waals surface area contributed by atoms with E-state index in [1.54, 1.807) is 0 Å². The van der Waals surface area contributed by atoms with Gasteiger partial charge < -0.3 is 15.5 Å². The molecule has 3 nitrogen and oxygen atoms in total. The van der Waals surface area contributed by atoms with Crippen LogP contribution >= 0.6 is 0 Å². The van der Waals surface area contributed by atoms with Gasteiger partial charge in [-0.3, -0.25) is 0 Å². The van der Waals surface area contributed by atoms with Crippen LogP contribution in [0.2, 0.25) is 0 Å². The second-order valence-corrected chi connectivity index (χ2v) is 5.96. The molecule has 2 aromatic rings. The molecule has 2 aliphatic rings. The lowest BCUT2D eigenvalue weighted by molar-refractivity contribution is 1.02. The van der Waals surface area contributed by atoms with Crippen molar-refractivity contribution in [1.29, 1.82) is 0 Å². The molecule has 0 radical (unpaired) electrons. The van der Waals surface area contributed by atoms with E-state index in [4.69, 9.17) is 0 Å².